The second kappa shape index (κ2) is 18.7. The van der Waals surface area contributed by atoms with E-state index in [-0.39, 0.29) is 58.5 Å². The molecule has 8 heteroatoms. The first-order chi connectivity index (χ1) is 23.0. The Balaban J connectivity index is 2.13. The molecule has 1 aliphatic heterocycles. The number of ether oxygens (including phenoxy) is 5. The fourth-order valence-electron chi connectivity index (χ4n) is 6.06. The number of rotatable bonds is 16. The second-order valence-corrected chi connectivity index (χ2v) is 27.8. The SMILES string of the molecule is CO[C@@H](C#C[Si](C)(C)C(C)(C)C)[C@H]1OC(C)(C)O[C@H]([C@H](C)/C=C/[C@@H](OC)[C@H](CCCC[C@H](O[Si](C)(C)C(C)(C)C)c2ccccc2)OC)[C@H]1C. The molecule has 50 heavy (non-hydrogen) atoms. The van der Waals surface area contributed by atoms with Gasteiger partial charge in [-0.25, -0.2) is 0 Å². The van der Waals surface area contributed by atoms with Gasteiger partial charge in [0.15, 0.2) is 14.1 Å². The summed E-state index contributed by atoms with van der Waals surface area (Å²) in [7, 11) is 1.55. The zero-order chi connectivity index (χ0) is 38.1. The Labute approximate surface area is 309 Å². The van der Waals surface area contributed by atoms with Crippen LogP contribution in [0.1, 0.15) is 107 Å². The molecule has 286 valence electrons. The molecule has 8 atom stereocenters. The minimum Gasteiger partial charge on any atom is -0.410 e. The van der Waals surface area contributed by atoms with Crippen LogP contribution in [0.5, 0.6) is 0 Å². The first-order valence-corrected chi connectivity index (χ1v) is 24.8. The quantitative estimate of drug-likeness (QED) is 0.0730. The molecule has 1 saturated heterocycles. The van der Waals surface area contributed by atoms with Gasteiger partial charge in [-0.05, 0) is 55.4 Å². The Hall–Kier alpha value is -1.29. The molecule has 0 unspecified atom stereocenters. The summed E-state index contributed by atoms with van der Waals surface area (Å²) in [6, 6.07) is 10.7. The maximum atomic E-state index is 6.94. The van der Waals surface area contributed by atoms with Gasteiger partial charge in [0.25, 0.3) is 0 Å². The van der Waals surface area contributed by atoms with Crippen LogP contribution in [0, 0.1) is 23.3 Å². The molecule has 1 heterocycles. The highest BCUT2D eigenvalue weighted by Gasteiger charge is 2.46. The van der Waals surface area contributed by atoms with E-state index in [0.29, 0.717) is 0 Å². The maximum absolute atomic E-state index is 6.94. The van der Waals surface area contributed by atoms with E-state index in [2.05, 4.69) is 136 Å². The van der Waals surface area contributed by atoms with E-state index in [9.17, 15) is 0 Å². The zero-order valence-electron chi connectivity index (χ0n) is 34.9. The summed E-state index contributed by atoms with van der Waals surface area (Å²) >= 11 is 0. The molecule has 0 saturated carbocycles. The van der Waals surface area contributed by atoms with Gasteiger partial charge in [0.1, 0.15) is 26.4 Å². The molecule has 0 spiro atoms. The van der Waals surface area contributed by atoms with E-state index >= 15 is 0 Å². The lowest BCUT2D eigenvalue weighted by atomic mass is 9.84. The molecule has 0 bridgehead atoms. The van der Waals surface area contributed by atoms with E-state index in [4.69, 9.17) is 28.1 Å². The summed E-state index contributed by atoms with van der Waals surface area (Å²) in [6.45, 7) is 31.5. The third-order valence-electron chi connectivity index (χ3n) is 11.5. The van der Waals surface area contributed by atoms with Crippen LogP contribution in [0.15, 0.2) is 42.5 Å². The molecule has 6 nitrogen and oxygen atoms in total. The van der Waals surface area contributed by atoms with Crippen molar-refractivity contribution in [1.29, 1.82) is 0 Å². The first-order valence-electron chi connectivity index (χ1n) is 18.9. The average Bonchev–Trinajstić information content (AvgIpc) is 3.02. The van der Waals surface area contributed by atoms with Crippen molar-refractivity contribution >= 4 is 16.4 Å². The van der Waals surface area contributed by atoms with Gasteiger partial charge < -0.3 is 28.1 Å². The standard InChI is InChI=1S/C42H74O6Si2/c1-31(38-32(2)39(47-42(9,10)46-38)37(45-13)29-30-49(14,15)40(3,4)5)27-28-36(44-12)35(43-11)26-22-21-25-34(33-23-19-18-20-24-33)48-50(16,17)41(6,7)8/h18-20,23-24,27-28,31-32,34-39H,21-22,25-26H2,1-17H3/b28-27+/t31-,32-,34+,35+,36-,37+,38-,39+/m1/s1. The summed E-state index contributed by atoms with van der Waals surface area (Å²) in [4.78, 5) is 0. The normalized spacial score (nSPS) is 23.5. The van der Waals surface area contributed by atoms with Crippen LogP contribution in [-0.2, 0) is 28.1 Å². The van der Waals surface area contributed by atoms with Crippen LogP contribution in [0.25, 0.3) is 0 Å². The number of methoxy groups -OCH3 is 3. The zero-order valence-corrected chi connectivity index (χ0v) is 36.9. The van der Waals surface area contributed by atoms with Crippen molar-refractivity contribution in [2.75, 3.05) is 21.3 Å². The average molecular weight is 731 g/mol. The number of unbranched alkanes of at least 4 members (excludes halogenated alkanes) is 1. The Morgan fingerprint density at radius 2 is 1.40 bits per heavy atom. The fourth-order valence-corrected chi connectivity index (χ4v) is 8.25. The molecule has 1 aliphatic rings. The monoisotopic (exact) mass is 731 g/mol. The van der Waals surface area contributed by atoms with Crippen LogP contribution >= 0.6 is 0 Å². The van der Waals surface area contributed by atoms with Crippen molar-refractivity contribution in [3.63, 3.8) is 0 Å². The lowest BCUT2D eigenvalue weighted by Crippen LogP contribution is -2.55. The van der Waals surface area contributed by atoms with E-state index in [0.717, 1.165) is 25.7 Å². The predicted octanol–water partition coefficient (Wildman–Crippen LogP) is 10.8. The summed E-state index contributed by atoms with van der Waals surface area (Å²) in [6.07, 6.45) is 7.58. The molecule has 0 aliphatic carbocycles. The number of benzene rings is 1. The minimum atomic E-state index is -1.93. The number of hydrogen-bond acceptors (Lipinski definition) is 6. The van der Waals surface area contributed by atoms with Crippen LogP contribution in [0.2, 0.25) is 36.3 Å². The van der Waals surface area contributed by atoms with Crippen molar-refractivity contribution < 1.29 is 28.1 Å². The minimum absolute atomic E-state index is 0.0550. The summed E-state index contributed by atoms with van der Waals surface area (Å²) < 4.78 is 38.0. The maximum Gasteiger partial charge on any atom is 0.192 e. The Bertz CT molecular complexity index is 1240. The third kappa shape index (κ3) is 12.7. The molecule has 0 aromatic heterocycles. The molecule has 2 rings (SSSR count). The first kappa shape index (κ1) is 44.9. The summed E-state index contributed by atoms with van der Waals surface area (Å²) in [5, 5.41) is 0.327. The van der Waals surface area contributed by atoms with E-state index in [1.165, 1.54) is 5.56 Å². The highest BCUT2D eigenvalue weighted by Crippen LogP contribution is 2.41. The highest BCUT2D eigenvalue weighted by molar-refractivity contribution is 6.87. The fraction of sp³-hybridized carbons (Fsp3) is 0.762. The lowest BCUT2D eigenvalue weighted by Gasteiger charge is -2.47. The van der Waals surface area contributed by atoms with Crippen molar-refractivity contribution in [3.8, 4) is 11.5 Å². The van der Waals surface area contributed by atoms with Crippen LogP contribution in [0.4, 0.5) is 0 Å². The van der Waals surface area contributed by atoms with Crippen molar-refractivity contribution in [3.05, 3.63) is 48.0 Å². The molecule has 1 aromatic carbocycles. The van der Waals surface area contributed by atoms with Crippen molar-refractivity contribution in [1.82, 2.24) is 0 Å². The Morgan fingerprint density at radius 3 is 1.92 bits per heavy atom. The van der Waals surface area contributed by atoms with Gasteiger partial charge in [-0.2, -0.15) is 0 Å². The Kier molecular flexibility index (Phi) is 16.7. The van der Waals surface area contributed by atoms with Gasteiger partial charge in [0.2, 0.25) is 0 Å². The van der Waals surface area contributed by atoms with Crippen LogP contribution in [-0.4, -0.2) is 74.0 Å². The molecule has 0 radical (unpaired) electrons. The second-order valence-electron chi connectivity index (χ2n) is 18.0. The predicted molar refractivity (Wildman–Crippen MR) is 215 cm³/mol. The largest absolute Gasteiger partial charge is 0.410 e. The van der Waals surface area contributed by atoms with Gasteiger partial charge in [0.05, 0.1) is 18.3 Å². The molecule has 0 amide bonds. The highest BCUT2D eigenvalue weighted by atomic mass is 28.4. The lowest BCUT2D eigenvalue weighted by molar-refractivity contribution is -0.334. The third-order valence-corrected chi connectivity index (χ3v) is 20.5. The van der Waals surface area contributed by atoms with Crippen molar-refractivity contribution in [2.24, 2.45) is 11.8 Å². The molecular formula is C42H74O6Si2. The van der Waals surface area contributed by atoms with E-state index < -0.39 is 22.2 Å². The summed E-state index contributed by atoms with van der Waals surface area (Å²) in [5.74, 6) is 2.91. The molecular weight excluding hydrogens is 657 g/mol. The molecule has 0 N–H and O–H groups in total. The van der Waals surface area contributed by atoms with Gasteiger partial charge in [-0.1, -0.05) is 130 Å². The number of hydrogen-bond donors (Lipinski definition) is 0. The van der Waals surface area contributed by atoms with Gasteiger partial charge in [0, 0.05) is 33.2 Å². The van der Waals surface area contributed by atoms with Crippen LogP contribution in [0.3, 0.4) is 0 Å². The van der Waals surface area contributed by atoms with Gasteiger partial charge >= 0.3 is 0 Å². The molecule has 1 fully saturated rings. The van der Waals surface area contributed by atoms with Gasteiger partial charge in [-0.3, -0.25) is 0 Å². The topological polar surface area (TPSA) is 55.4 Å². The van der Waals surface area contributed by atoms with Crippen LogP contribution < -0.4 is 0 Å². The Morgan fingerprint density at radius 1 is 0.820 bits per heavy atom. The van der Waals surface area contributed by atoms with E-state index in [1.807, 2.05) is 13.8 Å². The van der Waals surface area contributed by atoms with Gasteiger partial charge in [-0.15, -0.1) is 5.54 Å². The smallest absolute Gasteiger partial charge is 0.192 e. The van der Waals surface area contributed by atoms with Crippen molar-refractivity contribution in [2.45, 2.75) is 174 Å². The van der Waals surface area contributed by atoms with E-state index in [1.54, 1.807) is 21.3 Å². The molecule has 1 aromatic rings. The summed E-state index contributed by atoms with van der Waals surface area (Å²) in [5.41, 5.74) is 4.92.